The zero-order chi connectivity index (χ0) is 21.3. The number of hydrogen-bond acceptors (Lipinski definition) is 7. The van der Waals surface area contributed by atoms with Crippen molar-refractivity contribution in [1.82, 2.24) is 20.6 Å². The van der Waals surface area contributed by atoms with Gasteiger partial charge in [0.15, 0.2) is 0 Å². The Morgan fingerprint density at radius 3 is 3.03 bits per heavy atom. The number of halogens is 1. The van der Waals surface area contributed by atoms with E-state index >= 15 is 0 Å². The van der Waals surface area contributed by atoms with E-state index in [1.54, 1.807) is 25.4 Å². The molecule has 1 amide bonds. The van der Waals surface area contributed by atoms with Gasteiger partial charge in [-0.1, -0.05) is 17.9 Å². The number of nitrogens with zero attached hydrogens (tertiary/aromatic N) is 2. The summed E-state index contributed by atoms with van der Waals surface area (Å²) in [5.74, 6) is 6.55. The van der Waals surface area contributed by atoms with Gasteiger partial charge < -0.3 is 26.4 Å². The predicted molar refractivity (Wildman–Crippen MR) is 113 cm³/mol. The van der Waals surface area contributed by atoms with E-state index < -0.39 is 6.10 Å². The summed E-state index contributed by atoms with van der Waals surface area (Å²) in [5, 5.41) is 21.2. The molecule has 1 saturated heterocycles. The molecule has 0 spiro atoms. The molecule has 1 aromatic carbocycles. The molecule has 5 N–H and O–H groups in total. The molecule has 8 nitrogen and oxygen atoms in total. The Balaban J connectivity index is 1.48. The maximum Gasteiger partial charge on any atom is 0.237 e. The number of anilines is 3. The summed E-state index contributed by atoms with van der Waals surface area (Å²) in [6.07, 6.45) is 2.91. The van der Waals surface area contributed by atoms with E-state index in [0.29, 0.717) is 55.4 Å². The number of aromatic nitrogens is 2. The first-order chi connectivity index (χ1) is 14.5. The third kappa shape index (κ3) is 6.14. The van der Waals surface area contributed by atoms with Crippen molar-refractivity contribution in [2.75, 3.05) is 30.8 Å². The van der Waals surface area contributed by atoms with Crippen LogP contribution in [0.2, 0.25) is 0 Å². The minimum absolute atomic E-state index is 0.0910. The molecule has 1 aliphatic heterocycles. The van der Waals surface area contributed by atoms with Gasteiger partial charge in [-0.2, -0.15) is 4.98 Å². The Labute approximate surface area is 174 Å². The van der Waals surface area contributed by atoms with Crippen LogP contribution in [0.4, 0.5) is 21.8 Å². The molecule has 2 heterocycles. The lowest BCUT2D eigenvalue weighted by Crippen LogP contribution is -2.40. The molecule has 1 aromatic heterocycles. The van der Waals surface area contributed by atoms with Gasteiger partial charge in [0.05, 0.1) is 23.9 Å². The highest BCUT2D eigenvalue weighted by Gasteiger charge is 2.27. The van der Waals surface area contributed by atoms with Crippen molar-refractivity contribution in [3.8, 4) is 11.8 Å². The van der Waals surface area contributed by atoms with Gasteiger partial charge in [0.1, 0.15) is 11.6 Å². The second-order valence-electron chi connectivity index (χ2n) is 6.89. The van der Waals surface area contributed by atoms with Crippen LogP contribution in [0.1, 0.15) is 24.8 Å². The lowest BCUT2D eigenvalue weighted by atomic mass is 10.2. The number of nitrogens with one attached hydrogen (secondary N) is 4. The third-order valence-electron chi connectivity index (χ3n) is 4.53. The molecule has 1 unspecified atom stereocenters. The molecule has 2 atom stereocenters. The zero-order valence-electron chi connectivity index (χ0n) is 16.7. The highest BCUT2D eigenvalue weighted by atomic mass is 19.1. The fourth-order valence-corrected chi connectivity index (χ4v) is 3.01. The Hall–Kier alpha value is -3.22. The average Bonchev–Trinajstić information content (AvgIpc) is 3.17. The largest absolute Gasteiger partial charge is 0.392 e. The van der Waals surface area contributed by atoms with Gasteiger partial charge in [-0.15, -0.1) is 0 Å². The second kappa shape index (κ2) is 10.5. The SMILES string of the molecule is CNc1nc(Nc2cccc(F)c2)ncc1C#CCCCNC(=O)C1C[C@H](O)CN1. The van der Waals surface area contributed by atoms with Crippen LogP contribution in [0.5, 0.6) is 0 Å². The smallest absolute Gasteiger partial charge is 0.237 e. The van der Waals surface area contributed by atoms with E-state index in [0.717, 1.165) is 0 Å². The molecule has 158 valence electrons. The van der Waals surface area contributed by atoms with Gasteiger partial charge in [-0.3, -0.25) is 4.79 Å². The van der Waals surface area contributed by atoms with Gasteiger partial charge in [0, 0.05) is 32.2 Å². The molecule has 1 aliphatic rings. The van der Waals surface area contributed by atoms with Gasteiger partial charge >= 0.3 is 0 Å². The van der Waals surface area contributed by atoms with Crippen molar-refractivity contribution in [2.24, 2.45) is 0 Å². The number of amides is 1. The van der Waals surface area contributed by atoms with Crippen LogP contribution >= 0.6 is 0 Å². The average molecular weight is 412 g/mol. The second-order valence-corrected chi connectivity index (χ2v) is 6.89. The van der Waals surface area contributed by atoms with Crippen molar-refractivity contribution in [3.05, 3.63) is 41.8 Å². The molecule has 0 saturated carbocycles. The monoisotopic (exact) mass is 412 g/mol. The quantitative estimate of drug-likeness (QED) is 0.345. The maximum absolute atomic E-state index is 13.3. The van der Waals surface area contributed by atoms with Gasteiger partial charge in [0.25, 0.3) is 0 Å². The molecule has 2 aromatic rings. The van der Waals surface area contributed by atoms with Crippen molar-refractivity contribution >= 4 is 23.4 Å². The minimum atomic E-state index is -0.453. The van der Waals surface area contributed by atoms with Gasteiger partial charge in [-0.25, -0.2) is 9.37 Å². The van der Waals surface area contributed by atoms with Crippen molar-refractivity contribution < 1.29 is 14.3 Å². The summed E-state index contributed by atoms with van der Waals surface area (Å²) in [6, 6.07) is 5.74. The Morgan fingerprint density at radius 1 is 1.43 bits per heavy atom. The number of benzene rings is 1. The Morgan fingerprint density at radius 2 is 2.30 bits per heavy atom. The maximum atomic E-state index is 13.3. The number of aliphatic hydroxyl groups excluding tert-OH is 1. The van der Waals surface area contributed by atoms with Crippen LogP contribution in [-0.2, 0) is 4.79 Å². The van der Waals surface area contributed by atoms with Crippen molar-refractivity contribution in [1.29, 1.82) is 0 Å². The van der Waals surface area contributed by atoms with Crippen molar-refractivity contribution in [2.45, 2.75) is 31.4 Å². The van der Waals surface area contributed by atoms with E-state index in [-0.39, 0.29) is 17.8 Å². The summed E-state index contributed by atoms with van der Waals surface area (Å²) in [7, 11) is 1.74. The topological polar surface area (TPSA) is 111 Å². The van der Waals surface area contributed by atoms with E-state index in [2.05, 4.69) is 43.1 Å². The van der Waals surface area contributed by atoms with Crippen LogP contribution in [0, 0.1) is 17.7 Å². The van der Waals surface area contributed by atoms with Gasteiger partial charge in [-0.05, 0) is 31.0 Å². The minimum Gasteiger partial charge on any atom is -0.392 e. The summed E-state index contributed by atoms with van der Waals surface area (Å²) >= 11 is 0. The molecule has 0 radical (unpaired) electrons. The number of rotatable bonds is 7. The van der Waals surface area contributed by atoms with Gasteiger partial charge in [0.2, 0.25) is 11.9 Å². The number of carbonyl (C=O) groups excluding carboxylic acids is 1. The summed E-state index contributed by atoms with van der Waals surface area (Å²) in [4.78, 5) is 20.5. The van der Waals surface area contributed by atoms with Crippen LogP contribution in [0.15, 0.2) is 30.5 Å². The van der Waals surface area contributed by atoms with E-state index in [1.807, 2.05) is 0 Å². The molecule has 9 heteroatoms. The van der Waals surface area contributed by atoms with Crippen molar-refractivity contribution in [3.63, 3.8) is 0 Å². The molecule has 1 fully saturated rings. The lowest BCUT2D eigenvalue weighted by Gasteiger charge is -2.10. The molecule has 0 bridgehead atoms. The standard InChI is InChI=1S/C21H25FN6O2/c1-23-19-14(12-26-21(28-19)27-16-8-5-7-15(22)10-16)6-3-2-4-9-24-20(30)18-11-17(29)13-25-18/h5,7-8,10,12,17-18,25,29H,2,4,9,11,13H2,1H3,(H,24,30)(H2,23,26,27,28)/t17-,18?/m0/s1. The predicted octanol–water partition coefficient (Wildman–Crippen LogP) is 1.37. The fraction of sp³-hybridized carbons (Fsp3) is 0.381. The van der Waals surface area contributed by atoms with Crippen LogP contribution in [-0.4, -0.2) is 53.3 Å². The number of unbranched alkanes of at least 4 members (excludes halogenated alkanes) is 1. The highest BCUT2D eigenvalue weighted by molar-refractivity contribution is 5.82. The first-order valence-corrected chi connectivity index (χ1v) is 9.80. The first-order valence-electron chi connectivity index (χ1n) is 9.80. The summed E-state index contributed by atoms with van der Waals surface area (Å²) < 4.78 is 13.3. The normalized spacial score (nSPS) is 17.7. The summed E-state index contributed by atoms with van der Waals surface area (Å²) in [6.45, 7) is 0.976. The fourth-order valence-electron chi connectivity index (χ4n) is 3.01. The van der Waals surface area contributed by atoms with Crippen LogP contribution in [0.25, 0.3) is 0 Å². The lowest BCUT2D eigenvalue weighted by molar-refractivity contribution is -0.122. The van der Waals surface area contributed by atoms with Crippen LogP contribution in [0.3, 0.4) is 0 Å². The van der Waals surface area contributed by atoms with E-state index in [4.69, 9.17) is 0 Å². The molecule has 3 rings (SSSR count). The Bertz CT molecular complexity index is 943. The van der Waals surface area contributed by atoms with E-state index in [1.165, 1.54) is 12.1 Å². The molecule has 0 aliphatic carbocycles. The molecular weight excluding hydrogens is 387 g/mol. The number of carbonyl (C=O) groups is 1. The highest BCUT2D eigenvalue weighted by Crippen LogP contribution is 2.17. The first kappa shape index (κ1) is 21.5. The number of aliphatic hydroxyl groups is 1. The number of β-amino-alcohol motifs (C(OH)–C–C–N with tert-alkyl or cyclic N) is 1. The number of hydrogen-bond donors (Lipinski definition) is 5. The Kier molecular flexibility index (Phi) is 7.54. The van der Waals surface area contributed by atoms with E-state index in [9.17, 15) is 14.3 Å². The summed E-state index contributed by atoms with van der Waals surface area (Å²) in [5.41, 5.74) is 1.20. The molecule has 30 heavy (non-hydrogen) atoms. The zero-order valence-corrected chi connectivity index (χ0v) is 16.7. The molecular formula is C21H25FN6O2. The third-order valence-corrected chi connectivity index (χ3v) is 4.53. The van der Waals surface area contributed by atoms with Crippen LogP contribution < -0.4 is 21.3 Å².